The van der Waals surface area contributed by atoms with Crippen LogP contribution in [0.2, 0.25) is 0 Å². The second-order valence-corrected chi connectivity index (χ2v) is 5.07. The first-order valence-electron chi connectivity index (χ1n) is 5.58. The average Bonchev–Trinajstić information content (AvgIpc) is 3.01. The Balaban J connectivity index is 1.91. The first-order valence-corrected chi connectivity index (χ1v) is 6.40. The highest BCUT2D eigenvalue weighted by Crippen LogP contribution is 2.31. The van der Waals surface area contributed by atoms with E-state index >= 15 is 0 Å². The van der Waals surface area contributed by atoms with Gasteiger partial charge in [0.05, 0.1) is 11.9 Å². The molecule has 3 aromatic rings. The minimum Gasteiger partial charge on any atom is -0.314 e. The Hall–Kier alpha value is -2.28. The lowest BCUT2D eigenvalue weighted by molar-refractivity contribution is 0.626. The molecule has 3 rings (SSSR count). The number of pyridine rings is 1. The summed E-state index contributed by atoms with van der Waals surface area (Å²) in [7, 11) is 0. The maximum absolute atomic E-state index is 13.5. The lowest BCUT2D eigenvalue weighted by atomic mass is 10.2. The summed E-state index contributed by atoms with van der Waals surface area (Å²) >= 11 is 1.45. The monoisotopic (exact) mass is 275 g/mol. The van der Waals surface area contributed by atoms with Gasteiger partial charge in [0.15, 0.2) is 16.8 Å². The van der Waals surface area contributed by atoms with Crippen molar-refractivity contribution < 1.29 is 4.39 Å². The summed E-state index contributed by atoms with van der Waals surface area (Å²) in [6.45, 7) is 1.96. The summed E-state index contributed by atoms with van der Waals surface area (Å²) in [5, 5.41) is 10.1. The van der Waals surface area contributed by atoms with Gasteiger partial charge in [0, 0.05) is 22.8 Å². The molecule has 0 aliphatic rings. The summed E-state index contributed by atoms with van der Waals surface area (Å²) < 4.78 is 13.5. The van der Waals surface area contributed by atoms with Crippen LogP contribution in [0.25, 0.3) is 11.3 Å². The van der Waals surface area contributed by atoms with E-state index in [0.29, 0.717) is 5.13 Å². The number of hydrogen-bond donors (Lipinski definition) is 2. The van der Waals surface area contributed by atoms with Crippen LogP contribution in [-0.4, -0.2) is 20.2 Å². The van der Waals surface area contributed by atoms with Crippen LogP contribution in [0.3, 0.4) is 0 Å². The number of nitrogens with zero attached hydrogens (tertiary/aromatic N) is 3. The molecule has 19 heavy (non-hydrogen) atoms. The van der Waals surface area contributed by atoms with Gasteiger partial charge in [0.2, 0.25) is 0 Å². The zero-order valence-electron chi connectivity index (χ0n) is 10.0. The normalized spacial score (nSPS) is 10.6. The number of rotatable bonds is 3. The van der Waals surface area contributed by atoms with Crippen molar-refractivity contribution in [1.29, 1.82) is 0 Å². The zero-order valence-corrected chi connectivity index (χ0v) is 10.8. The van der Waals surface area contributed by atoms with Crippen molar-refractivity contribution >= 4 is 22.3 Å². The number of nitrogens with one attached hydrogen (secondary N) is 2. The first-order chi connectivity index (χ1) is 9.24. The highest BCUT2D eigenvalue weighted by Gasteiger charge is 2.12. The predicted molar refractivity (Wildman–Crippen MR) is 71.9 cm³/mol. The maximum atomic E-state index is 13.5. The molecule has 96 valence electrons. The number of thiazole rings is 1. The van der Waals surface area contributed by atoms with Crippen molar-refractivity contribution in [2.24, 2.45) is 0 Å². The van der Waals surface area contributed by atoms with Crippen LogP contribution in [-0.2, 0) is 0 Å². The molecule has 2 N–H and O–H groups in total. The van der Waals surface area contributed by atoms with Crippen molar-refractivity contribution in [3.63, 3.8) is 0 Å². The third-order valence-electron chi connectivity index (χ3n) is 2.55. The fourth-order valence-corrected chi connectivity index (χ4v) is 2.51. The van der Waals surface area contributed by atoms with Crippen molar-refractivity contribution in [3.8, 4) is 11.3 Å². The highest BCUT2D eigenvalue weighted by molar-refractivity contribution is 7.16. The Labute approximate surface area is 112 Å². The van der Waals surface area contributed by atoms with Gasteiger partial charge in [-0.15, -0.1) is 11.3 Å². The van der Waals surface area contributed by atoms with Crippen LogP contribution in [0.1, 0.15) is 4.88 Å². The molecule has 5 nitrogen and oxygen atoms in total. The summed E-state index contributed by atoms with van der Waals surface area (Å²) in [6, 6.07) is 2.90. The lowest BCUT2D eigenvalue weighted by Gasteiger charge is -2.01. The minimum absolute atomic E-state index is 0.176. The lowest BCUT2D eigenvalue weighted by Crippen LogP contribution is -1.95. The van der Waals surface area contributed by atoms with Crippen LogP contribution < -0.4 is 5.32 Å². The maximum Gasteiger partial charge on any atom is 0.189 e. The van der Waals surface area contributed by atoms with Gasteiger partial charge in [-0.25, -0.2) is 14.4 Å². The van der Waals surface area contributed by atoms with Crippen molar-refractivity contribution in [3.05, 3.63) is 41.4 Å². The third-order valence-corrected chi connectivity index (χ3v) is 3.44. The number of aryl methyl sites for hydroxylation is 1. The van der Waals surface area contributed by atoms with E-state index in [-0.39, 0.29) is 5.82 Å². The molecule has 0 aliphatic carbocycles. The standard InChI is InChI=1S/C12H10FN5S/c1-7-10(8-5-15-16-6-8)17-12(19-7)18-11-9(13)3-2-4-14-11/h2-6H,1H3,(H,15,16)(H,14,17,18). The van der Waals surface area contributed by atoms with Gasteiger partial charge in [0.25, 0.3) is 0 Å². The second-order valence-electron chi connectivity index (χ2n) is 3.87. The molecule has 0 saturated heterocycles. The smallest absolute Gasteiger partial charge is 0.189 e. The SMILES string of the molecule is Cc1sc(Nc2ncccc2F)nc1-c1cn[nH]c1. The van der Waals surface area contributed by atoms with Gasteiger partial charge in [0.1, 0.15) is 0 Å². The number of aromatic nitrogens is 4. The zero-order chi connectivity index (χ0) is 13.2. The van der Waals surface area contributed by atoms with Crippen LogP contribution in [0.5, 0.6) is 0 Å². The fourth-order valence-electron chi connectivity index (χ4n) is 1.68. The number of aromatic amines is 1. The molecule has 0 amide bonds. The van der Waals surface area contributed by atoms with Crippen LogP contribution in [0.15, 0.2) is 30.7 Å². The van der Waals surface area contributed by atoms with Crippen LogP contribution in [0.4, 0.5) is 15.3 Å². The van der Waals surface area contributed by atoms with Gasteiger partial charge in [-0.05, 0) is 19.1 Å². The second kappa shape index (κ2) is 4.77. The largest absolute Gasteiger partial charge is 0.314 e. The molecule has 0 atom stereocenters. The van der Waals surface area contributed by atoms with E-state index in [0.717, 1.165) is 16.1 Å². The van der Waals surface area contributed by atoms with E-state index in [2.05, 4.69) is 25.5 Å². The molecular formula is C12H10FN5S. The Morgan fingerprint density at radius 3 is 3.05 bits per heavy atom. The van der Waals surface area contributed by atoms with E-state index in [1.807, 2.05) is 6.92 Å². The summed E-state index contributed by atoms with van der Waals surface area (Å²) in [5.74, 6) is -0.227. The molecule has 0 bridgehead atoms. The molecule has 0 aliphatic heterocycles. The predicted octanol–water partition coefficient (Wildman–Crippen LogP) is 3.12. The summed E-state index contributed by atoms with van der Waals surface area (Å²) in [6.07, 6.45) is 5.00. The summed E-state index contributed by atoms with van der Waals surface area (Å²) in [5.41, 5.74) is 1.74. The molecule has 0 radical (unpaired) electrons. The number of H-pyrrole nitrogens is 1. The Bertz CT molecular complexity index is 692. The van der Waals surface area contributed by atoms with Gasteiger partial charge < -0.3 is 5.32 Å². The van der Waals surface area contributed by atoms with Gasteiger partial charge in [-0.2, -0.15) is 5.10 Å². The number of hydrogen-bond acceptors (Lipinski definition) is 5. The van der Waals surface area contributed by atoms with Crippen molar-refractivity contribution in [1.82, 2.24) is 20.2 Å². The van der Waals surface area contributed by atoms with Gasteiger partial charge in [-0.3, -0.25) is 5.10 Å². The molecule has 0 fully saturated rings. The van der Waals surface area contributed by atoms with Crippen molar-refractivity contribution in [2.45, 2.75) is 6.92 Å². The Morgan fingerprint density at radius 1 is 1.42 bits per heavy atom. The highest BCUT2D eigenvalue weighted by atomic mass is 32.1. The van der Waals surface area contributed by atoms with E-state index in [1.165, 1.54) is 23.6 Å². The van der Waals surface area contributed by atoms with Gasteiger partial charge in [-0.1, -0.05) is 0 Å². The Kier molecular flexibility index (Phi) is 2.96. The Morgan fingerprint density at radius 2 is 2.32 bits per heavy atom. The number of anilines is 2. The molecule has 0 spiro atoms. The molecular weight excluding hydrogens is 265 g/mol. The molecule has 7 heteroatoms. The molecule has 3 aromatic heterocycles. The topological polar surface area (TPSA) is 66.5 Å². The molecule has 3 heterocycles. The van der Waals surface area contributed by atoms with Crippen LogP contribution >= 0.6 is 11.3 Å². The molecule has 0 unspecified atom stereocenters. The van der Waals surface area contributed by atoms with Gasteiger partial charge >= 0.3 is 0 Å². The number of halogens is 1. The fraction of sp³-hybridized carbons (Fsp3) is 0.0833. The van der Waals surface area contributed by atoms with E-state index in [4.69, 9.17) is 0 Å². The summed E-state index contributed by atoms with van der Waals surface area (Å²) in [4.78, 5) is 9.39. The van der Waals surface area contributed by atoms with Crippen LogP contribution in [0, 0.1) is 12.7 Å². The van der Waals surface area contributed by atoms with E-state index in [1.54, 1.807) is 18.5 Å². The third kappa shape index (κ3) is 2.32. The van der Waals surface area contributed by atoms with E-state index in [9.17, 15) is 4.39 Å². The minimum atomic E-state index is -0.403. The quantitative estimate of drug-likeness (QED) is 0.770. The molecule has 0 aromatic carbocycles. The van der Waals surface area contributed by atoms with Crippen molar-refractivity contribution in [2.75, 3.05) is 5.32 Å². The average molecular weight is 275 g/mol. The first kappa shape index (κ1) is 11.8. The van der Waals surface area contributed by atoms with E-state index < -0.39 is 5.82 Å². The molecule has 0 saturated carbocycles.